The molecule has 0 aliphatic heterocycles. The summed E-state index contributed by atoms with van der Waals surface area (Å²) in [6.07, 6.45) is 1.83. The Labute approximate surface area is 161 Å². The Morgan fingerprint density at radius 1 is 1.07 bits per heavy atom. The highest BCUT2D eigenvalue weighted by Crippen LogP contribution is 2.19. The molecule has 2 aromatic rings. The summed E-state index contributed by atoms with van der Waals surface area (Å²) in [7, 11) is -3.93. The summed E-state index contributed by atoms with van der Waals surface area (Å²) in [4.78, 5) is 12.1. The molecular formula is C19H19F3N2O3S. The van der Waals surface area contributed by atoms with E-state index >= 15 is 0 Å². The van der Waals surface area contributed by atoms with Gasteiger partial charge in [-0.15, -0.1) is 0 Å². The molecule has 0 unspecified atom stereocenters. The molecule has 0 aromatic heterocycles. The van der Waals surface area contributed by atoms with E-state index in [1.807, 2.05) is 0 Å². The van der Waals surface area contributed by atoms with Gasteiger partial charge in [-0.05, 0) is 30.2 Å². The van der Waals surface area contributed by atoms with Crippen LogP contribution in [0.15, 0.2) is 47.9 Å². The average Bonchev–Trinajstić information content (AvgIpc) is 2.67. The molecule has 0 saturated carbocycles. The number of hydrogen-bond acceptors (Lipinski definition) is 3. The van der Waals surface area contributed by atoms with E-state index in [9.17, 15) is 26.4 Å². The van der Waals surface area contributed by atoms with E-state index in [0.29, 0.717) is 18.1 Å². The first-order valence-electron chi connectivity index (χ1n) is 8.41. The maximum atomic E-state index is 13.7. The number of nitrogens with zero attached hydrogens (tertiary/aromatic N) is 1. The summed E-state index contributed by atoms with van der Waals surface area (Å²) >= 11 is 0. The first-order valence-corrected chi connectivity index (χ1v) is 9.91. The monoisotopic (exact) mass is 412 g/mol. The average molecular weight is 412 g/mol. The minimum atomic E-state index is -3.93. The van der Waals surface area contributed by atoms with Crippen molar-refractivity contribution in [3.05, 3.63) is 70.9 Å². The molecule has 0 aliphatic rings. The zero-order valence-electron chi connectivity index (χ0n) is 15.0. The summed E-state index contributed by atoms with van der Waals surface area (Å²) < 4.78 is 65.9. The number of benzene rings is 2. The number of rotatable bonds is 8. The fourth-order valence-corrected chi connectivity index (χ4v) is 3.57. The lowest BCUT2D eigenvalue weighted by atomic mass is 10.2. The van der Waals surface area contributed by atoms with Crippen LogP contribution in [0.1, 0.15) is 18.9 Å². The van der Waals surface area contributed by atoms with E-state index in [-0.39, 0.29) is 6.54 Å². The molecule has 9 heteroatoms. The number of hydrogen-bond donors (Lipinski definition) is 1. The zero-order valence-corrected chi connectivity index (χ0v) is 15.8. The Balaban J connectivity index is 2.14. The lowest BCUT2D eigenvalue weighted by molar-refractivity contribution is -0.116. The van der Waals surface area contributed by atoms with Crippen LogP contribution in [0, 0.1) is 17.5 Å². The van der Waals surface area contributed by atoms with Crippen molar-refractivity contribution in [2.24, 2.45) is 0 Å². The van der Waals surface area contributed by atoms with Crippen molar-refractivity contribution >= 4 is 27.7 Å². The second-order valence-corrected chi connectivity index (χ2v) is 7.68. The van der Waals surface area contributed by atoms with Crippen LogP contribution < -0.4 is 5.32 Å². The highest BCUT2D eigenvalue weighted by atomic mass is 32.2. The van der Waals surface area contributed by atoms with E-state index in [2.05, 4.69) is 5.32 Å². The van der Waals surface area contributed by atoms with E-state index < -0.39 is 45.6 Å². The second kappa shape index (κ2) is 9.52. The van der Waals surface area contributed by atoms with Gasteiger partial charge in [-0.1, -0.05) is 37.3 Å². The normalized spacial score (nSPS) is 11.9. The third kappa shape index (κ3) is 5.67. The number of anilines is 1. The van der Waals surface area contributed by atoms with Crippen molar-refractivity contribution in [1.29, 1.82) is 0 Å². The van der Waals surface area contributed by atoms with Gasteiger partial charge >= 0.3 is 0 Å². The Bertz CT molecular complexity index is 964. The number of nitrogens with one attached hydrogen (secondary N) is 1. The molecule has 1 amide bonds. The predicted molar refractivity (Wildman–Crippen MR) is 101 cm³/mol. The van der Waals surface area contributed by atoms with E-state index in [1.54, 1.807) is 37.3 Å². The molecule has 1 N–H and O–H groups in total. The smallest absolute Gasteiger partial charge is 0.239 e. The third-order valence-corrected chi connectivity index (χ3v) is 5.21. The molecule has 0 atom stereocenters. The Kier molecular flexibility index (Phi) is 7.36. The van der Waals surface area contributed by atoms with Crippen LogP contribution in [-0.4, -0.2) is 31.7 Å². The van der Waals surface area contributed by atoms with Crippen LogP contribution in [0.5, 0.6) is 0 Å². The fourth-order valence-electron chi connectivity index (χ4n) is 2.33. The van der Waals surface area contributed by atoms with Crippen molar-refractivity contribution in [1.82, 2.24) is 4.31 Å². The Morgan fingerprint density at radius 2 is 1.75 bits per heavy atom. The zero-order chi connectivity index (χ0) is 20.7. The minimum Gasteiger partial charge on any atom is -0.322 e. The fraction of sp³-hybridized carbons (Fsp3) is 0.211. The van der Waals surface area contributed by atoms with E-state index in [4.69, 9.17) is 0 Å². The summed E-state index contributed by atoms with van der Waals surface area (Å²) in [6.45, 7) is 1.18. The van der Waals surface area contributed by atoms with Crippen LogP contribution in [0.25, 0.3) is 6.08 Å². The predicted octanol–water partition coefficient (Wildman–Crippen LogP) is 3.76. The van der Waals surface area contributed by atoms with Gasteiger partial charge < -0.3 is 5.32 Å². The number of carbonyl (C=O) groups is 1. The highest BCUT2D eigenvalue weighted by Gasteiger charge is 2.23. The topological polar surface area (TPSA) is 66.5 Å². The lowest BCUT2D eigenvalue weighted by Gasteiger charge is -2.19. The summed E-state index contributed by atoms with van der Waals surface area (Å²) in [5, 5.41) is 3.04. The Hall–Kier alpha value is -2.65. The van der Waals surface area contributed by atoms with Crippen LogP contribution in [-0.2, 0) is 14.8 Å². The van der Waals surface area contributed by atoms with Gasteiger partial charge in [0, 0.05) is 12.0 Å². The van der Waals surface area contributed by atoms with Gasteiger partial charge in [-0.25, -0.2) is 21.6 Å². The third-order valence-electron chi connectivity index (χ3n) is 3.69. The molecule has 0 saturated heterocycles. The number of amides is 1. The van der Waals surface area contributed by atoms with E-state index in [1.165, 1.54) is 6.08 Å². The molecule has 0 spiro atoms. The molecule has 0 heterocycles. The molecule has 0 fully saturated rings. The SMILES string of the molecule is CCCN(CC(=O)Nc1ccc(F)c(F)c1F)S(=O)(=O)/C=C/c1ccccc1. The number of carbonyl (C=O) groups excluding carboxylic acids is 1. The second-order valence-electron chi connectivity index (χ2n) is 5.86. The molecule has 0 bridgehead atoms. The summed E-state index contributed by atoms with van der Waals surface area (Å²) in [6, 6.07) is 10.2. The Morgan fingerprint density at radius 3 is 2.39 bits per heavy atom. The molecule has 150 valence electrons. The molecule has 2 aromatic carbocycles. The van der Waals surface area contributed by atoms with Gasteiger partial charge in [0.15, 0.2) is 17.5 Å². The number of sulfonamides is 1. The van der Waals surface area contributed by atoms with Crippen LogP contribution in [0.2, 0.25) is 0 Å². The lowest BCUT2D eigenvalue weighted by Crippen LogP contribution is -2.37. The molecular weight excluding hydrogens is 393 g/mol. The van der Waals surface area contributed by atoms with Crippen LogP contribution in [0.3, 0.4) is 0 Å². The molecule has 28 heavy (non-hydrogen) atoms. The quantitative estimate of drug-likeness (QED) is 0.672. The van der Waals surface area contributed by atoms with E-state index in [0.717, 1.165) is 15.8 Å². The van der Waals surface area contributed by atoms with Crippen LogP contribution >= 0.6 is 0 Å². The maximum absolute atomic E-state index is 13.7. The largest absolute Gasteiger partial charge is 0.322 e. The van der Waals surface area contributed by atoms with Gasteiger partial charge in [-0.3, -0.25) is 4.79 Å². The van der Waals surface area contributed by atoms with Crippen LogP contribution in [0.4, 0.5) is 18.9 Å². The summed E-state index contributed by atoms with van der Waals surface area (Å²) in [5.74, 6) is -5.55. The molecule has 5 nitrogen and oxygen atoms in total. The maximum Gasteiger partial charge on any atom is 0.239 e. The minimum absolute atomic E-state index is 0.0507. The van der Waals surface area contributed by atoms with Crippen molar-refractivity contribution in [3.8, 4) is 0 Å². The van der Waals surface area contributed by atoms with Crippen molar-refractivity contribution in [2.45, 2.75) is 13.3 Å². The first kappa shape index (κ1) is 21.6. The van der Waals surface area contributed by atoms with Crippen molar-refractivity contribution < 1.29 is 26.4 Å². The molecule has 0 aliphatic carbocycles. The van der Waals surface area contributed by atoms with Gasteiger partial charge in [0.05, 0.1) is 12.2 Å². The molecule has 2 rings (SSSR count). The highest BCUT2D eigenvalue weighted by molar-refractivity contribution is 7.92. The van der Waals surface area contributed by atoms with Gasteiger partial charge in [0.1, 0.15) is 0 Å². The van der Waals surface area contributed by atoms with Crippen molar-refractivity contribution in [3.63, 3.8) is 0 Å². The van der Waals surface area contributed by atoms with Crippen molar-refractivity contribution in [2.75, 3.05) is 18.4 Å². The van der Waals surface area contributed by atoms with Gasteiger partial charge in [-0.2, -0.15) is 4.31 Å². The number of halogens is 3. The van der Waals surface area contributed by atoms with Gasteiger partial charge in [0.25, 0.3) is 0 Å². The summed E-state index contributed by atoms with van der Waals surface area (Å²) in [5.41, 5.74) is 0.0911. The first-order chi connectivity index (χ1) is 13.2. The molecule has 0 radical (unpaired) electrons. The standard InChI is InChI=1S/C19H19F3N2O3S/c1-2-11-24(28(26,27)12-10-14-6-4-3-5-7-14)13-17(25)23-16-9-8-15(20)18(21)19(16)22/h3-10,12H,2,11,13H2,1H3,(H,23,25)/b12-10+. The van der Waals surface area contributed by atoms with Gasteiger partial charge in [0.2, 0.25) is 15.9 Å².